The average molecular weight is 272 g/mol. The molecule has 1 N–H and O–H groups in total. The molecule has 0 radical (unpaired) electrons. The van der Waals surface area contributed by atoms with E-state index in [1.165, 1.54) is 5.56 Å². The lowest BCUT2D eigenvalue weighted by atomic mass is 9.86. The number of rotatable bonds is 3. The Morgan fingerprint density at radius 3 is 2.50 bits per heavy atom. The SMILES string of the molecule is Fc1ccc(C(C2C=CC=CC2)N2CCNCC2)cc1. The fourth-order valence-electron chi connectivity index (χ4n) is 3.18. The number of allylic oxidation sites excluding steroid dienone is 3. The molecule has 0 spiro atoms. The summed E-state index contributed by atoms with van der Waals surface area (Å²) in [6, 6.07) is 7.38. The maximum absolute atomic E-state index is 13.2. The van der Waals surface area contributed by atoms with E-state index >= 15 is 0 Å². The third-order valence-corrected chi connectivity index (χ3v) is 4.18. The molecule has 20 heavy (non-hydrogen) atoms. The molecular formula is C17H21FN2. The highest BCUT2D eigenvalue weighted by atomic mass is 19.1. The molecule has 2 atom stereocenters. The van der Waals surface area contributed by atoms with E-state index in [0.717, 1.165) is 32.6 Å². The van der Waals surface area contributed by atoms with Crippen molar-refractivity contribution in [2.24, 2.45) is 5.92 Å². The first-order valence-corrected chi connectivity index (χ1v) is 7.38. The summed E-state index contributed by atoms with van der Waals surface area (Å²) in [5.74, 6) is 0.315. The molecule has 0 bridgehead atoms. The summed E-state index contributed by atoms with van der Waals surface area (Å²) in [5.41, 5.74) is 1.22. The number of piperazine rings is 1. The molecule has 2 aliphatic rings. The molecule has 1 aliphatic carbocycles. The highest BCUT2D eigenvalue weighted by Gasteiger charge is 2.28. The number of hydrogen-bond donors (Lipinski definition) is 1. The maximum atomic E-state index is 13.2. The van der Waals surface area contributed by atoms with Crippen molar-refractivity contribution >= 4 is 0 Å². The smallest absolute Gasteiger partial charge is 0.123 e. The number of nitrogens with one attached hydrogen (secondary N) is 1. The van der Waals surface area contributed by atoms with Gasteiger partial charge in [0.2, 0.25) is 0 Å². The molecule has 1 heterocycles. The Balaban J connectivity index is 1.87. The fraction of sp³-hybridized carbons (Fsp3) is 0.412. The zero-order valence-electron chi connectivity index (χ0n) is 11.6. The lowest BCUT2D eigenvalue weighted by Crippen LogP contribution is -2.46. The van der Waals surface area contributed by atoms with Gasteiger partial charge in [-0.3, -0.25) is 4.90 Å². The lowest BCUT2D eigenvalue weighted by Gasteiger charge is -2.39. The van der Waals surface area contributed by atoms with Crippen molar-refractivity contribution in [1.82, 2.24) is 10.2 Å². The van der Waals surface area contributed by atoms with Crippen LogP contribution in [-0.2, 0) is 0 Å². The summed E-state index contributed by atoms with van der Waals surface area (Å²) in [7, 11) is 0. The first kappa shape index (κ1) is 13.5. The van der Waals surface area contributed by atoms with Gasteiger partial charge in [0, 0.05) is 38.1 Å². The Hall–Kier alpha value is -1.45. The number of benzene rings is 1. The summed E-state index contributed by atoms with van der Waals surface area (Å²) >= 11 is 0. The molecule has 1 aliphatic heterocycles. The Morgan fingerprint density at radius 1 is 1.10 bits per heavy atom. The van der Waals surface area contributed by atoms with E-state index in [4.69, 9.17) is 0 Å². The van der Waals surface area contributed by atoms with Crippen LogP contribution < -0.4 is 5.32 Å². The highest BCUT2D eigenvalue weighted by Crippen LogP contribution is 2.33. The third-order valence-electron chi connectivity index (χ3n) is 4.18. The molecular weight excluding hydrogens is 251 g/mol. The van der Waals surface area contributed by atoms with Crippen LogP contribution in [0.5, 0.6) is 0 Å². The van der Waals surface area contributed by atoms with Crippen molar-refractivity contribution in [2.45, 2.75) is 12.5 Å². The Morgan fingerprint density at radius 2 is 1.85 bits per heavy atom. The van der Waals surface area contributed by atoms with Crippen LogP contribution in [0.3, 0.4) is 0 Å². The topological polar surface area (TPSA) is 15.3 Å². The molecule has 2 nitrogen and oxygen atoms in total. The summed E-state index contributed by atoms with van der Waals surface area (Å²) in [5, 5.41) is 3.40. The molecule has 3 rings (SSSR count). The van der Waals surface area contributed by atoms with Crippen LogP contribution in [0.1, 0.15) is 18.0 Å². The molecule has 1 saturated heterocycles. The summed E-state index contributed by atoms with van der Waals surface area (Å²) in [6.07, 6.45) is 9.81. The van der Waals surface area contributed by atoms with Gasteiger partial charge in [0.1, 0.15) is 5.82 Å². The minimum atomic E-state index is -0.160. The number of nitrogens with zero attached hydrogens (tertiary/aromatic N) is 1. The summed E-state index contributed by atoms with van der Waals surface area (Å²) in [4.78, 5) is 2.53. The number of hydrogen-bond acceptors (Lipinski definition) is 2. The standard InChI is InChI=1S/C17H21FN2/c18-16-8-6-15(7-9-16)17(14-4-2-1-3-5-14)20-12-10-19-11-13-20/h1-4,6-9,14,17,19H,5,10-13H2. The molecule has 1 aromatic rings. The fourth-order valence-corrected chi connectivity index (χ4v) is 3.18. The second-order valence-electron chi connectivity index (χ2n) is 5.49. The van der Waals surface area contributed by atoms with E-state index in [0.29, 0.717) is 12.0 Å². The van der Waals surface area contributed by atoms with Crippen LogP contribution >= 0.6 is 0 Å². The maximum Gasteiger partial charge on any atom is 0.123 e. The van der Waals surface area contributed by atoms with Gasteiger partial charge in [-0.15, -0.1) is 0 Å². The van der Waals surface area contributed by atoms with E-state index in [1.807, 2.05) is 12.1 Å². The molecule has 1 fully saturated rings. The Bertz CT molecular complexity index is 486. The zero-order valence-corrected chi connectivity index (χ0v) is 11.6. The van der Waals surface area contributed by atoms with Gasteiger partial charge in [-0.2, -0.15) is 0 Å². The Kier molecular flexibility index (Phi) is 4.28. The zero-order chi connectivity index (χ0) is 13.8. The van der Waals surface area contributed by atoms with Gasteiger partial charge in [-0.05, 0) is 24.1 Å². The number of halogens is 1. The summed E-state index contributed by atoms with van der Waals surface area (Å²) in [6.45, 7) is 4.17. The average Bonchev–Trinajstić information content (AvgIpc) is 2.52. The highest BCUT2D eigenvalue weighted by molar-refractivity contribution is 5.25. The molecule has 1 aromatic carbocycles. The van der Waals surface area contributed by atoms with Crippen LogP contribution in [-0.4, -0.2) is 31.1 Å². The summed E-state index contributed by atoms with van der Waals surface area (Å²) < 4.78 is 13.2. The first-order chi connectivity index (χ1) is 9.84. The van der Waals surface area contributed by atoms with E-state index in [2.05, 4.69) is 34.5 Å². The second-order valence-corrected chi connectivity index (χ2v) is 5.49. The van der Waals surface area contributed by atoms with Crippen LogP contribution in [0, 0.1) is 11.7 Å². The molecule has 2 unspecified atom stereocenters. The monoisotopic (exact) mass is 272 g/mol. The van der Waals surface area contributed by atoms with Crippen LogP contribution in [0.2, 0.25) is 0 Å². The molecule has 3 heteroatoms. The minimum Gasteiger partial charge on any atom is -0.314 e. The minimum absolute atomic E-state index is 0.160. The van der Waals surface area contributed by atoms with Gasteiger partial charge < -0.3 is 5.32 Å². The first-order valence-electron chi connectivity index (χ1n) is 7.38. The molecule has 0 saturated carbocycles. The van der Waals surface area contributed by atoms with Crippen LogP contribution in [0.15, 0.2) is 48.6 Å². The van der Waals surface area contributed by atoms with Crippen LogP contribution in [0.4, 0.5) is 4.39 Å². The van der Waals surface area contributed by atoms with Crippen molar-refractivity contribution in [3.05, 3.63) is 60.0 Å². The largest absolute Gasteiger partial charge is 0.314 e. The van der Waals surface area contributed by atoms with Gasteiger partial charge in [0.05, 0.1) is 0 Å². The molecule has 0 aromatic heterocycles. The normalized spacial score (nSPS) is 24.8. The van der Waals surface area contributed by atoms with E-state index < -0.39 is 0 Å². The van der Waals surface area contributed by atoms with Gasteiger partial charge >= 0.3 is 0 Å². The van der Waals surface area contributed by atoms with E-state index in [-0.39, 0.29) is 5.82 Å². The van der Waals surface area contributed by atoms with Gasteiger partial charge in [0.25, 0.3) is 0 Å². The second kappa shape index (κ2) is 6.33. The lowest BCUT2D eigenvalue weighted by molar-refractivity contribution is 0.141. The molecule has 0 amide bonds. The van der Waals surface area contributed by atoms with Crippen molar-refractivity contribution in [1.29, 1.82) is 0 Å². The van der Waals surface area contributed by atoms with Gasteiger partial charge in [-0.25, -0.2) is 4.39 Å². The Labute approximate surface area is 120 Å². The van der Waals surface area contributed by atoms with Crippen molar-refractivity contribution in [2.75, 3.05) is 26.2 Å². The van der Waals surface area contributed by atoms with Gasteiger partial charge in [0.15, 0.2) is 0 Å². The molecule has 106 valence electrons. The van der Waals surface area contributed by atoms with Crippen molar-refractivity contribution < 1.29 is 4.39 Å². The van der Waals surface area contributed by atoms with Gasteiger partial charge in [-0.1, -0.05) is 36.4 Å². The van der Waals surface area contributed by atoms with Crippen LogP contribution in [0.25, 0.3) is 0 Å². The van der Waals surface area contributed by atoms with Crippen molar-refractivity contribution in [3.8, 4) is 0 Å². The predicted molar refractivity (Wildman–Crippen MR) is 80.0 cm³/mol. The van der Waals surface area contributed by atoms with Crippen molar-refractivity contribution in [3.63, 3.8) is 0 Å². The third kappa shape index (κ3) is 3.00. The quantitative estimate of drug-likeness (QED) is 0.910. The van der Waals surface area contributed by atoms with E-state index in [9.17, 15) is 4.39 Å². The predicted octanol–water partition coefficient (Wildman–Crippen LogP) is 2.90. The van der Waals surface area contributed by atoms with E-state index in [1.54, 1.807) is 12.1 Å².